The maximum atomic E-state index is 12.4. The van der Waals surface area contributed by atoms with Crippen LogP contribution in [0, 0.1) is 5.92 Å². The Kier molecular flexibility index (Phi) is 9.63. The van der Waals surface area contributed by atoms with Crippen molar-refractivity contribution in [2.75, 3.05) is 26.2 Å². The van der Waals surface area contributed by atoms with Gasteiger partial charge in [0.2, 0.25) is 5.91 Å². The average molecular weight is 362 g/mol. The predicted octanol–water partition coefficient (Wildman–Crippen LogP) is 1.46. The lowest BCUT2D eigenvalue weighted by Gasteiger charge is -2.32. The Morgan fingerprint density at radius 1 is 1.17 bits per heavy atom. The molecule has 0 saturated carbocycles. The van der Waals surface area contributed by atoms with E-state index in [0.717, 1.165) is 51.5 Å². The maximum Gasteiger partial charge on any atom is 0.251 e. The molecule has 2 aliphatic rings. The quantitative estimate of drug-likeness (QED) is 0.672. The van der Waals surface area contributed by atoms with E-state index in [4.69, 9.17) is 10.5 Å². The van der Waals surface area contributed by atoms with E-state index < -0.39 is 0 Å². The Labute approximate surface area is 151 Å². The summed E-state index contributed by atoms with van der Waals surface area (Å²) in [5.74, 6) is 0.262. The fourth-order valence-electron chi connectivity index (χ4n) is 3.36. The highest BCUT2D eigenvalue weighted by atomic mass is 35.5. The van der Waals surface area contributed by atoms with Crippen molar-refractivity contribution in [3.8, 4) is 0 Å². The zero-order chi connectivity index (χ0) is 16.7. The molecule has 140 valence electrons. The number of nitrogens with two attached hydrogens (primary N) is 1. The Balaban J connectivity index is 0.00000288. The highest BCUT2D eigenvalue weighted by Gasteiger charge is 2.35. The molecule has 7 heteroatoms. The fraction of sp³-hybridized carbons (Fsp3) is 0.882. The lowest BCUT2D eigenvalue weighted by molar-refractivity contribution is -0.145. The second kappa shape index (κ2) is 10.9. The number of rotatable bonds is 7. The second-order valence-electron chi connectivity index (χ2n) is 6.66. The van der Waals surface area contributed by atoms with E-state index in [1.165, 1.54) is 0 Å². The van der Waals surface area contributed by atoms with Crippen LogP contribution in [0.15, 0.2) is 0 Å². The van der Waals surface area contributed by atoms with E-state index >= 15 is 0 Å². The summed E-state index contributed by atoms with van der Waals surface area (Å²) in [7, 11) is 0. The molecule has 2 fully saturated rings. The van der Waals surface area contributed by atoms with E-state index in [2.05, 4.69) is 12.2 Å². The first kappa shape index (κ1) is 21.2. The van der Waals surface area contributed by atoms with Gasteiger partial charge in [-0.25, -0.2) is 0 Å². The first-order valence-electron chi connectivity index (χ1n) is 9.07. The molecule has 2 saturated heterocycles. The lowest BCUT2D eigenvalue weighted by atomic mass is 9.95. The predicted molar refractivity (Wildman–Crippen MR) is 96.0 cm³/mol. The van der Waals surface area contributed by atoms with Gasteiger partial charge in [0, 0.05) is 32.1 Å². The second-order valence-corrected chi connectivity index (χ2v) is 6.66. The molecule has 2 heterocycles. The van der Waals surface area contributed by atoms with Gasteiger partial charge in [-0.3, -0.25) is 9.59 Å². The molecule has 0 bridgehead atoms. The Morgan fingerprint density at radius 3 is 2.46 bits per heavy atom. The molecule has 2 atom stereocenters. The van der Waals surface area contributed by atoms with Gasteiger partial charge in [-0.2, -0.15) is 0 Å². The summed E-state index contributed by atoms with van der Waals surface area (Å²) >= 11 is 0. The summed E-state index contributed by atoms with van der Waals surface area (Å²) in [6.45, 7) is 4.70. The van der Waals surface area contributed by atoms with Gasteiger partial charge in [-0.05, 0) is 32.1 Å². The molecule has 0 spiro atoms. The lowest BCUT2D eigenvalue weighted by Crippen LogP contribution is -2.46. The number of piperidine rings is 1. The summed E-state index contributed by atoms with van der Waals surface area (Å²) in [4.78, 5) is 26.4. The summed E-state index contributed by atoms with van der Waals surface area (Å²) in [5, 5.41) is 3.02. The number of hydrogen-bond donors (Lipinski definition) is 2. The number of amides is 2. The number of ether oxygens (including phenoxy) is 1. The highest BCUT2D eigenvalue weighted by Crippen LogP contribution is 2.24. The third-order valence-electron chi connectivity index (χ3n) is 4.90. The molecule has 2 amide bonds. The molecule has 0 aromatic carbocycles. The third kappa shape index (κ3) is 5.90. The first-order chi connectivity index (χ1) is 11.2. The van der Waals surface area contributed by atoms with Crippen LogP contribution in [-0.4, -0.2) is 55.1 Å². The van der Waals surface area contributed by atoms with Crippen molar-refractivity contribution in [2.24, 2.45) is 11.7 Å². The van der Waals surface area contributed by atoms with Gasteiger partial charge in [0.15, 0.2) is 0 Å². The number of hydrogen-bond acceptors (Lipinski definition) is 4. The number of carbonyl (C=O) groups excluding carboxylic acids is 2. The third-order valence-corrected chi connectivity index (χ3v) is 4.90. The van der Waals surface area contributed by atoms with Crippen LogP contribution in [0.1, 0.15) is 51.9 Å². The van der Waals surface area contributed by atoms with Crippen LogP contribution in [0.3, 0.4) is 0 Å². The van der Waals surface area contributed by atoms with Gasteiger partial charge in [-0.15, -0.1) is 12.4 Å². The minimum atomic E-state index is -0.331. The van der Waals surface area contributed by atoms with Gasteiger partial charge in [0.25, 0.3) is 5.91 Å². The minimum absolute atomic E-state index is 0. The number of nitrogens with one attached hydrogen (secondary N) is 1. The Bertz CT molecular complexity index is 401. The Morgan fingerprint density at radius 2 is 1.88 bits per heavy atom. The Hall–Kier alpha value is -0.850. The van der Waals surface area contributed by atoms with Crippen molar-refractivity contribution < 1.29 is 14.3 Å². The molecule has 24 heavy (non-hydrogen) atoms. The number of unbranched alkanes of at least 4 members (excludes halogenated alkanes) is 2. The normalized spacial score (nSPS) is 24.5. The molecular weight excluding hydrogens is 330 g/mol. The number of nitrogens with zero attached hydrogens (tertiary/aromatic N) is 1. The molecule has 2 rings (SSSR count). The van der Waals surface area contributed by atoms with Crippen LogP contribution in [0.25, 0.3) is 0 Å². The van der Waals surface area contributed by atoms with E-state index in [1.807, 2.05) is 4.90 Å². The summed E-state index contributed by atoms with van der Waals surface area (Å²) in [6.07, 6.45) is 6.17. The van der Waals surface area contributed by atoms with Crippen molar-refractivity contribution in [1.29, 1.82) is 0 Å². The topological polar surface area (TPSA) is 84.7 Å². The van der Waals surface area contributed by atoms with Crippen LogP contribution in [0.2, 0.25) is 0 Å². The van der Waals surface area contributed by atoms with Gasteiger partial charge in [0.05, 0.1) is 6.10 Å². The first-order valence-corrected chi connectivity index (χ1v) is 9.07. The SMILES string of the molecule is CCCCCNC(=O)C1CCN(C(=O)[C@@H]2CC[C@H](CN)O2)CC1.Cl. The molecule has 0 aliphatic carbocycles. The van der Waals surface area contributed by atoms with E-state index in [0.29, 0.717) is 19.6 Å². The van der Waals surface area contributed by atoms with Crippen LogP contribution in [0.5, 0.6) is 0 Å². The highest BCUT2D eigenvalue weighted by molar-refractivity contribution is 5.85. The fourth-order valence-corrected chi connectivity index (χ4v) is 3.36. The van der Waals surface area contributed by atoms with Crippen LogP contribution in [0.4, 0.5) is 0 Å². The summed E-state index contributed by atoms with van der Waals surface area (Å²) in [6, 6.07) is 0. The van der Waals surface area contributed by atoms with Gasteiger partial charge in [0.1, 0.15) is 6.10 Å². The van der Waals surface area contributed by atoms with E-state index in [-0.39, 0.29) is 42.3 Å². The van der Waals surface area contributed by atoms with Crippen LogP contribution >= 0.6 is 12.4 Å². The van der Waals surface area contributed by atoms with Crippen LogP contribution in [-0.2, 0) is 14.3 Å². The van der Waals surface area contributed by atoms with Gasteiger partial charge in [-0.1, -0.05) is 19.8 Å². The molecular formula is C17H32ClN3O3. The molecule has 0 aromatic heterocycles. The standard InChI is InChI=1S/C17H31N3O3.ClH/c1-2-3-4-9-19-16(21)13-7-10-20(11-8-13)17(22)15-6-5-14(12-18)23-15;/h13-15H,2-12,18H2,1H3,(H,19,21);1H/t14-,15+;/m1./s1. The van der Waals surface area contributed by atoms with Crippen molar-refractivity contribution >= 4 is 24.2 Å². The monoisotopic (exact) mass is 361 g/mol. The van der Waals surface area contributed by atoms with Crippen molar-refractivity contribution in [3.63, 3.8) is 0 Å². The maximum absolute atomic E-state index is 12.4. The van der Waals surface area contributed by atoms with Crippen LogP contribution < -0.4 is 11.1 Å². The number of halogens is 1. The van der Waals surface area contributed by atoms with Gasteiger partial charge >= 0.3 is 0 Å². The van der Waals surface area contributed by atoms with E-state index in [1.54, 1.807) is 0 Å². The summed E-state index contributed by atoms with van der Waals surface area (Å²) < 4.78 is 5.68. The number of likely N-dealkylation sites (tertiary alicyclic amines) is 1. The molecule has 0 unspecified atom stereocenters. The molecule has 3 N–H and O–H groups in total. The summed E-state index contributed by atoms with van der Waals surface area (Å²) in [5.41, 5.74) is 5.59. The molecule has 6 nitrogen and oxygen atoms in total. The zero-order valence-corrected chi connectivity index (χ0v) is 15.5. The van der Waals surface area contributed by atoms with E-state index in [9.17, 15) is 9.59 Å². The average Bonchev–Trinajstić information content (AvgIpc) is 3.07. The van der Waals surface area contributed by atoms with Crippen molar-refractivity contribution in [2.45, 2.75) is 64.1 Å². The largest absolute Gasteiger partial charge is 0.364 e. The smallest absolute Gasteiger partial charge is 0.251 e. The van der Waals surface area contributed by atoms with Crippen molar-refractivity contribution in [1.82, 2.24) is 10.2 Å². The van der Waals surface area contributed by atoms with Gasteiger partial charge < -0.3 is 20.7 Å². The molecule has 0 aromatic rings. The zero-order valence-electron chi connectivity index (χ0n) is 14.7. The molecule has 0 radical (unpaired) electrons. The number of carbonyl (C=O) groups is 2. The molecule has 2 aliphatic heterocycles. The minimum Gasteiger partial charge on any atom is -0.364 e. The van der Waals surface area contributed by atoms with Crippen molar-refractivity contribution in [3.05, 3.63) is 0 Å².